The van der Waals surface area contributed by atoms with E-state index in [1.165, 1.54) is 12.1 Å². The fraction of sp³-hybridized carbons (Fsp3) is 0.682. The van der Waals surface area contributed by atoms with Crippen LogP contribution < -0.4 is 0 Å². The minimum absolute atomic E-state index is 0.189. The summed E-state index contributed by atoms with van der Waals surface area (Å²) >= 11 is 0. The lowest BCUT2D eigenvalue weighted by Gasteiger charge is -2.36. The maximum absolute atomic E-state index is 13.2. The molecule has 3 rings (SSSR count). The number of morpholine rings is 1. The third-order valence-electron chi connectivity index (χ3n) is 5.99. The van der Waals surface area contributed by atoms with Gasteiger partial charge in [0.15, 0.2) is 0 Å². The minimum atomic E-state index is -0.220. The highest BCUT2D eigenvalue weighted by Gasteiger charge is 2.26. The zero-order chi connectivity index (χ0) is 19.1. The standard InChI is InChI=1S/C22H33FN2O2/c1-2-3-20(19-4-6-21(23)7-5-19)16-22(26)25-10-8-18(9-11-25)17-24-12-14-27-15-13-24/h4-7,18,20H,2-3,8-17H2,1H3. The van der Waals surface area contributed by atoms with Crippen LogP contribution in [-0.2, 0) is 9.53 Å². The number of benzene rings is 1. The third kappa shape index (κ3) is 6.01. The predicted molar refractivity (Wildman–Crippen MR) is 105 cm³/mol. The highest BCUT2D eigenvalue weighted by molar-refractivity contribution is 5.77. The van der Waals surface area contributed by atoms with Gasteiger partial charge in [-0.15, -0.1) is 0 Å². The maximum atomic E-state index is 13.2. The van der Waals surface area contributed by atoms with Crippen LogP contribution in [0.4, 0.5) is 4.39 Å². The Morgan fingerprint density at radius 3 is 2.44 bits per heavy atom. The molecule has 4 nitrogen and oxygen atoms in total. The van der Waals surface area contributed by atoms with E-state index in [-0.39, 0.29) is 17.6 Å². The van der Waals surface area contributed by atoms with Crippen molar-refractivity contribution < 1.29 is 13.9 Å². The second-order valence-electron chi connectivity index (χ2n) is 7.98. The number of hydrogen-bond donors (Lipinski definition) is 0. The molecule has 0 spiro atoms. The first-order valence-corrected chi connectivity index (χ1v) is 10.5. The molecule has 0 aliphatic carbocycles. The van der Waals surface area contributed by atoms with Crippen molar-refractivity contribution in [3.63, 3.8) is 0 Å². The number of amides is 1. The van der Waals surface area contributed by atoms with Crippen LogP contribution in [0.1, 0.15) is 50.5 Å². The number of halogens is 1. The monoisotopic (exact) mass is 376 g/mol. The molecule has 1 amide bonds. The van der Waals surface area contributed by atoms with E-state index in [0.717, 1.165) is 77.2 Å². The van der Waals surface area contributed by atoms with Gasteiger partial charge >= 0.3 is 0 Å². The largest absolute Gasteiger partial charge is 0.379 e. The number of ether oxygens (including phenoxy) is 1. The molecule has 150 valence electrons. The van der Waals surface area contributed by atoms with E-state index >= 15 is 0 Å². The molecule has 0 aromatic heterocycles. The number of rotatable bonds is 7. The van der Waals surface area contributed by atoms with Crippen LogP contribution in [0, 0.1) is 11.7 Å². The molecule has 1 aromatic carbocycles. The Kier molecular flexibility index (Phi) is 7.65. The summed E-state index contributed by atoms with van der Waals surface area (Å²) in [5, 5.41) is 0. The molecule has 27 heavy (non-hydrogen) atoms. The average Bonchev–Trinajstić information content (AvgIpc) is 2.69. The molecule has 0 N–H and O–H groups in total. The third-order valence-corrected chi connectivity index (χ3v) is 5.99. The lowest BCUT2D eigenvalue weighted by Crippen LogP contribution is -2.44. The first kappa shape index (κ1) is 20.3. The summed E-state index contributed by atoms with van der Waals surface area (Å²) in [4.78, 5) is 17.4. The number of carbonyl (C=O) groups excluding carboxylic acids is 1. The summed E-state index contributed by atoms with van der Waals surface area (Å²) in [7, 11) is 0. The number of carbonyl (C=O) groups is 1. The van der Waals surface area contributed by atoms with Crippen LogP contribution in [0.25, 0.3) is 0 Å². The first-order valence-electron chi connectivity index (χ1n) is 10.5. The molecular weight excluding hydrogens is 343 g/mol. The van der Waals surface area contributed by atoms with Gasteiger partial charge in [0.1, 0.15) is 5.82 Å². The van der Waals surface area contributed by atoms with Gasteiger partial charge in [-0.25, -0.2) is 4.39 Å². The van der Waals surface area contributed by atoms with Crippen molar-refractivity contribution >= 4 is 5.91 Å². The molecule has 1 unspecified atom stereocenters. The highest BCUT2D eigenvalue weighted by Crippen LogP contribution is 2.27. The van der Waals surface area contributed by atoms with Gasteiger partial charge in [0, 0.05) is 39.1 Å². The summed E-state index contributed by atoms with van der Waals surface area (Å²) in [6.07, 6.45) is 4.71. The SMILES string of the molecule is CCCC(CC(=O)N1CCC(CN2CCOCC2)CC1)c1ccc(F)cc1. The first-order chi connectivity index (χ1) is 13.2. The molecule has 0 bridgehead atoms. The maximum Gasteiger partial charge on any atom is 0.223 e. The van der Waals surface area contributed by atoms with Crippen LogP contribution in [0.5, 0.6) is 0 Å². The summed E-state index contributed by atoms with van der Waals surface area (Å²) < 4.78 is 18.6. The summed E-state index contributed by atoms with van der Waals surface area (Å²) in [6.45, 7) is 8.79. The van der Waals surface area contributed by atoms with E-state index in [2.05, 4.69) is 11.8 Å². The fourth-order valence-electron chi connectivity index (χ4n) is 4.32. The smallest absolute Gasteiger partial charge is 0.223 e. The Hall–Kier alpha value is -1.46. The van der Waals surface area contributed by atoms with E-state index in [1.807, 2.05) is 17.0 Å². The normalized spacial score (nSPS) is 20.6. The highest BCUT2D eigenvalue weighted by atomic mass is 19.1. The molecule has 1 aromatic rings. The van der Waals surface area contributed by atoms with Crippen LogP contribution in [0.2, 0.25) is 0 Å². The lowest BCUT2D eigenvalue weighted by molar-refractivity contribution is -0.133. The minimum Gasteiger partial charge on any atom is -0.379 e. The van der Waals surface area contributed by atoms with E-state index in [4.69, 9.17) is 4.74 Å². The summed E-state index contributed by atoms with van der Waals surface area (Å²) in [6, 6.07) is 6.66. The van der Waals surface area contributed by atoms with Gasteiger partial charge in [-0.2, -0.15) is 0 Å². The Bertz CT molecular complexity index is 578. The number of hydrogen-bond acceptors (Lipinski definition) is 3. The summed E-state index contributed by atoms with van der Waals surface area (Å²) in [5.74, 6) is 0.912. The Morgan fingerprint density at radius 1 is 1.15 bits per heavy atom. The molecule has 0 radical (unpaired) electrons. The molecule has 1 atom stereocenters. The van der Waals surface area contributed by atoms with E-state index < -0.39 is 0 Å². The molecular formula is C22H33FN2O2. The average molecular weight is 377 g/mol. The van der Waals surface area contributed by atoms with Crippen LogP contribution in [0.15, 0.2) is 24.3 Å². The predicted octanol–water partition coefficient (Wildman–Crippen LogP) is 3.67. The number of nitrogens with zero attached hydrogens (tertiary/aromatic N) is 2. The number of likely N-dealkylation sites (tertiary alicyclic amines) is 1. The van der Waals surface area contributed by atoms with E-state index in [1.54, 1.807) is 0 Å². The molecule has 2 fully saturated rings. The molecule has 2 heterocycles. The fourth-order valence-corrected chi connectivity index (χ4v) is 4.32. The lowest BCUT2D eigenvalue weighted by atomic mass is 9.90. The quantitative estimate of drug-likeness (QED) is 0.728. The van der Waals surface area contributed by atoms with Crippen molar-refractivity contribution in [3.8, 4) is 0 Å². The Morgan fingerprint density at radius 2 is 1.81 bits per heavy atom. The Labute approximate surface area is 162 Å². The van der Waals surface area contributed by atoms with Crippen molar-refractivity contribution in [2.24, 2.45) is 5.92 Å². The molecule has 2 saturated heterocycles. The zero-order valence-corrected chi connectivity index (χ0v) is 16.5. The van der Waals surface area contributed by atoms with Crippen LogP contribution in [-0.4, -0.2) is 61.6 Å². The van der Waals surface area contributed by atoms with Gasteiger partial charge in [-0.3, -0.25) is 9.69 Å². The van der Waals surface area contributed by atoms with Crippen molar-refractivity contribution in [2.45, 2.75) is 44.9 Å². The second kappa shape index (κ2) is 10.2. The van der Waals surface area contributed by atoms with Crippen molar-refractivity contribution in [2.75, 3.05) is 45.9 Å². The molecule has 5 heteroatoms. The van der Waals surface area contributed by atoms with Crippen LogP contribution >= 0.6 is 0 Å². The topological polar surface area (TPSA) is 32.8 Å². The zero-order valence-electron chi connectivity index (χ0n) is 16.5. The van der Waals surface area contributed by atoms with Gasteiger partial charge < -0.3 is 9.64 Å². The van der Waals surface area contributed by atoms with E-state index in [9.17, 15) is 9.18 Å². The van der Waals surface area contributed by atoms with Gasteiger partial charge in [-0.1, -0.05) is 25.5 Å². The molecule has 0 saturated carbocycles. The van der Waals surface area contributed by atoms with Crippen LogP contribution in [0.3, 0.4) is 0 Å². The van der Waals surface area contributed by atoms with Crippen molar-refractivity contribution in [1.29, 1.82) is 0 Å². The van der Waals surface area contributed by atoms with Gasteiger partial charge in [0.05, 0.1) is 13.2 Å². The van der Waals surface area contributed by atoms with Gasteiger partial charge in [-0.05, 0) is 48.8 Å². The van der Waals surface area contributed by atoms with Crippen molar-refractivity contribution in [3.05, 3.63) is 35.6 Å². The second-order valence-corrected chi connectivity index (χ2v) is 7.98. The van der Waals surface area contributed by atoms with Gasteiger partial charge in [0.25, 0.3) is 0 Å². The van der Waals surface area contributed by atoms with Crippen molar-refractivity contribution in [1.82, 2.24) is 9.80 Å². The van der Waals surface area contributed by atoms with E-state index in [0.29, 0.717) is 12.3 Å². The Balaban J connectivity index is 1.48. The molecule has 2 aliphatic heterocycles. The summed E-state index contributed by atoms with van der Waals surface area (Å²) in [5.41, 5.74) is 1.08. The molecule has 2 aliphatic rings. The van der Waals surface area contributed by atoms with Gasteiger partial charge in [0.2, 0.25) is 5.91 Å². The number of piperidine rings is 1.